The largest absolute Gasteiger partial charge is 0.330 e. The molecule has 0 atom stereocenters. The zero-order chi connectivity index (χ0) is 11.2. The predicted molar refractivity (Wildman–Crippen MR) is 56.0 cm³/mol. The summed E-state index contributed by atoms with van der Waals surface area (Å²) in [6.07, 6.45) is 0. The topological polar surface area (TPSA) is 72.7 Å². The molecular formula is C9H12N4O2. The third-order valence-electron chi connectivity index (χ3n) is 2.55. The Labute approximate surface area is 85.2 Å². The number of hydrogen-bond donors (Lipinski definition) is 1. The quantitative estimate of drug-likeness (QED) is 0.702. The van der Waals surface area contributed by atoms with Gasteiger partial charge in [0.2, 0.25) is 0 Å². The molecule has 0 unspecified atom stereocenters. The molecule has 0 saturated heterocycles. The van der Waals surface area contributed by atoms with Crippen LogP contribution in [-0.4, -0.2) is 19.1 Å². The molecule has 0 spiro atoms. The number of aryl methyl sites for hydroxylation is 3. The van der Waals surface area contributed by atoms with E-state index < -0.39 is 5.69 Å². The van der Waals surface area contributed by atoms with E-state index in [1.54, 1.807) is 18.5 Å². The molecule has 0 saturated carbocycles. The summed E-state index contributed by atoms with van der Waals surface area (Å²) in [6, 6.07) is 0. The zero-order valence-corrected chi connectivity index (χ0v) is 8.87. The molecule has 2 aromatic heterocycles. The van der Waals surface area contributed by atoms with Crippen LogP contribution in [0.15, 0.2) is 9.59 Å². The molecule has 0 aliphatic rings. The fourth-order valence-electron chi connectivity index (χ4n) is 1.65. The number of imidazole rings is 1. The number of aromatic nitrogens is 4. The molecule has 0 aliphatic carbocycles. The monoisotopic (exact) mass is 208 g/mol. The molecule has 2 aromatic rings. The van der Waals surface area contributed by atoms with Gasteiger partial charge in [0.1, 0.15) is 5.82 Å². The van der Waals surface area contributed by atoms with Gasteiger partial charge in [0.25, 0.3) is 5.56 Å². The highest BCUT2D eigenvalue weighted by molar-refractivity contribution is 5.70. The molecule has 0 radical (unpaired) electrons. The van der Waals surface area contributed by atoms with Gasteiger partial charge < -0.3 is 4.57 Å². The van der Waals surface area contributed by atoms with E-state index in [9.17, 15) is 9.59 Å². The van der Waals surface area contributed by atoms with Crippen molar-refractivity contribution in [1.82, 2.24) is 19.1 Å². The van der Waals surface area contributed by atoms with Crippen LogP contribution >= 0.6 is 0 Å². The summed E-state index contributed by atoms with van der Waals surface area (Å²) >= 11 is 0. The SMILES string of the molecule is CCn1c(=O)[nH]c(=O)c2c1nc(C)n2C. The van der Waals surface area contributed by atoms with E-state index in [0.717, 1.165) is 0 Å². The van der Waals surface area contributed by atoms with E-state index in [4.69, 9.17) is 0 Å². The van der Waals surface area contributed by atoms with Crippen LogP contribution < -0.4 is 11.2 Å². The van der Waals surface area contributed by atoms with Crippen LogP contribution in [0.1, 0.15) is 12.7 Å². The van der Waals surface area contributed by atoms with E-state index in [0.29, 0.717) is 23.5 Å². The van der Waals surface area contributed by atoms with Crippen molar-refractivity contribution < 1.29 is 0 Å². The number of H-pyrrole nitrogens is 1. The normalized spacial score (nSPS) is 11.1. The fourth-order valence-corrected chi connectivity index (χ4v) is 1.65. The molecule has 0 aliphatic heterocycles. The number of nitrogens with one attached hydrogen (secondary N) is 1. The lowest BCUT2D eigenvalue weighted by molar-refractivity contribution is 0.718. The molecule has 0 amide bonds. The van der Waals surface area contributed by atoms with Gasteiger partial charge in [0, 0.05) is 13.6 Å². The Bertz CT molecular complexity index is 632. The Balaban J connectivity index is 3.10. The average molecular weight is 208 g/mol. The zero-order valence-electron chi connectivity index (χ0n) is 8.87. The van der Waals surface area contributed by atoms with Gasteiger partial charge in [-0.1, -0.05) is 0 Å². The maximum Gasteiger partial charge on any atom is 0.330 e. The Hall–Kier alpha value is -1.85. The van der Waals surface area contributed by atoms with Gasteiger partial charge in [-0.3, -0.25) is 14.3 Å². The Morgan fingerprint density at radius 1 is 1.40 bits per heavy atom. The second kappa shape index (κ2) is 3.08. The van der Waals surface area contributed by atoms with Crippen molar-refractivity contribution in [3.8, 4) is 0 Å². The summed E-state index contributed by atoms with van der Waals surface area (Å²) in [4.78, 5) is 29.5. The van der Waals surface area contributed by atoms with Gasteiger partial charge in [0.15, 0.2) is 11.2 Å². The van der Waals surface area contributed by atoms with Crippen LogP contribution in [-0.2, 0) is 13.6 Å². The van der Waals surface area contributed by atoms with E-state index >= 15 is 0 Å². The van der Waals surface area contributed by atoms with E-state index in [1.165, 1.54) is 4.57 Å². The fraction of sp³-hybridized carbons (Fsp3) is 0.444. The van der Waals surface area contributed by atoms with Crippen molar-refractivity contribution in [3.05, 3.63) is 26.7 Å². The Morgan fingerprint density at radius 2 is 2.07 bits per heavy atom. The summed E-state index contributed by atoms with van der Waals surface area (Å²) in [5, 5.41) is 0. The summed E-state index contributed by atoms with van der Waals surface area (Å²) < 4.78 is 3.13. The van der Waals surface area contributed by atoms with Crippen molar-refractivity contribution >= 4 is 11.2 Å². The molecule has 6 heteroatoms. The van der Waals surface area contributed by atoms with Gasteiger partial charge in [0.05, 0.1) is 0 Å². The molecule has 0 aromatic carbocycles. The highest BCUT2D eigenvalue weighted by Gasteiger charge is 2.12. The molecule has 2 heterocycles. The summed E-state index contributed by atoms with van der Waals surface area (Å²) in [6.45, 7) is 4.12. The maximum atomic E-state index is 11.6. The van der Waals surface area contributed by atoms with Crippen molar-refractivity contribution in [2.24, 2.45) is 7.05 Å². The molecule has 0 fully saturated rings. The molecule has 2 rings (SSSR count). The van der Waals surface area contributed by atoms with E-state index in [1.807, 2.05) is 6.92 Å². The first-order chi connectivity index (χ1) is 7.06. The summed E-state index contributed by atoms with van der Waals surface area (Å²) in [7, 11) is 1.75. The third-order valence-corrected chi connectivity index (χ3v) is 2.55. The minimum absolute atomic E-state index is 0.386. The van der Waals surface area contributed by atoms with Crippen LogP contribution in [0.3, 0.4) is 0 Å². The van der Waals surface area contributed by atoms with E-state index in [2.05, 4.69) is 9.97 Å². The molecule has 80 valence electrons. The smallest absolute Gasteiger partial charge is 0.325 e. The van der Waals surface area contributed by atoms with Gasteiger partial charge >= 0.3 is 5.69 Å². The Kier molecular flexibility index (Phi) is 1.99. The minimum atomic E-state index is -0.409. The van der Waals surface area contributed by atoms with Crippen molar-refractivity contribution in [1.29, 1.82) is 0 Å². The average Bonchev–Trinajstić information content (AvgIpc) is 2.44. The first-order valence-electron chi connectivity index (χ1n) is 4.72. The van der Waals surface area contributed by atoms with Gasteiger partial charge in [-0.05, 0) is 13.8 Å². The Morgan fingerprint density at radius 3 is 2.67 bits per heavy atom. The minimum Gasteiger partial charge on any atom is -0.325 e. The lowest BCUT2D eigenvalue weighted by Gasteiger charge is -2.01. The highest BCUT2D eigenvalue weighted by atomic mass is 16.2. The van der Waals surface area contributed by atoms with Gasteiger partial charge in [-0.25, -0.2) is 9.78 Å². The number of nitrogens with zero attached hydrogens (tertiary/aromatic N) is 3. The number of fused-ring (bicyclic) bond motifs is 1. The molecular weight excluding hydrogens is 196 g/mol. The number of hydrogen-bond acceptors (Lipinski definition) is 3. The van der Waals surface area contributed by atoms with Crippen LogP contribution in [0.25, 0.3) is 11.2 Å². The lowest BCUT2D eigenvalue weighted by atomic mass is 10.5. The van der Waals surface area contributed by atoms with Crippen molar-refractivity contribution in [3.63, 3.8) is 0 Å². The standard InChI is InChI=1S/C9H12N4O2/c1-4-13-7-6(8(14)11-9(13)15)12(3)5(2)10-7/h4H2,1-3H3,(H,11,14,15). The van der Waals surface area contributed by atoms with Crippen LogP contribution in [0, 0.1) is 6.92 Å². The first kappa shape index (κ1) is 9.70. The molecule has 1 N–H and O–H groups in total. The van der Waals surface area contributed by atoms with Crippen LogP contribution in [0.4, 0.5) is 0 Å². The third kappa shape index (κ3) is 1.21. The van der Waals surface area contributed by atoms with E-state index in [-0.39, 0.29) is 5.56 Å². The van der Waals surface area contributed by atoms with Crippen LogP contribution in [0.2, 0.25) is 0 Å². The maximum absolute atomic E-state index is 11.6. The molecule has 0 bridgehead atoms. The van der Waals surface area contributed by atoms with Crippen molar-refractivity contribution in [2.45, 2.75) is 20.4 Å². The second-order valence-corrected chi connectivity index (χ2v) is 3.39. The predicted octanol–water partition coefficient (Wildman–Crippen LogP) is -0.248. The highest BCUT2D eigenvalue weighted by Crippen LogP contribution is 2.07. The number of aromatic amines is 1. The van der Waals surface area contributed by atoms with Gasteiger partial charge in [-0.15, -0.1) is 0 Å². The lowest BCUT2D eigenvalue weighted by Crippen LogP contribution is -2.30. The number of rotatable bonds is 1. The molecule has 15 heavy (non-hydrogen) atoms. The molecule has 6 nitrogen and oxygen atoms in total. The first-order valence-corrected chi connectivity index (χ1v) is 4.72. The van der Waals surface area contributed by atoms with Crippen molar-refractivity contribution in [2.75, 3.05) is 0 Å². The summed E-state index contributed by atoms with van der Waals surface area (Å²) in [5.41, 5.74) is 0.0936. The summed E-state index contributed by atoms with van der Waals surface area (Å²) in [5.74, 6) is 0.711. The van der Waals surface area contributed by atoms with Gasteiger partial charge in [-0.2, -0.15) is 0 Å². The second-order valence-electron chi connectivity index (χ2n) is 3.39. The van der Waals surface area contributed by atoms with Crippen LogP contribution in [0.5, 0.6) is 0 Å².